The number of rotatable bonds is 4. The molecule has 0 amide bonds. The third-order valence-electron chi connectivity index (χ3n) is 2.53. The van der Waals surface area contributed by atoms with Crippen LogP contribution in [0, 0.1) is 5.82 Å². The van der Waals surface area contributed by atoms with Gasteiger partial charge in [-0.1, -0.05) is 23.7 Å². The number of hydrogen-bond donors (Lipinski definition) is 1. The monoisotopic (exact) mass is 270 g/mol. The van der Waals surface area contributed by atoms with Gasteiger partial charge in [0.05, 0.1) is 17.5 Å². The zero-order valence-electron chi connectivity index (χ0n) is 9.73. The molecule has 0 spiro atoms. The second-order valence-electron chi connectivity index (χ2n) is 3.91. The topological polar surface area (TPSA) is 59.2 Å². The number of hydrogen-bond acceptors (Lipinski definition) is 4. The Morgan fingerprint density at radius 1 is 1.50 bits per heavy atom. The summed E-state index contributed by atoms with van der Waals surface area (Å²) in [6.45, 7) is 1.86. The fourth-order valence-electron chi connectivity index (χ4n) is 1.44. The molecular weight excluding hydrogens is 259 g/mol. The smallest absolute Gasteiger partial charge is 0.229 e. The maximum atomic E-state index is 13.0. The first-order chi connectivity index (χ1) is 8.60. The Morgan fingerprint density at radius 3 is 2.94 bits per heavy atom. The minimum absolute atomic E-state index is 0.00689. The standard InChI is InChI=1S/C12H12ClFN2O2/c1-2-8(17)6-11-15-12(16-18-11)7-3-4-10(14)9(13)5-7/h3-5,8,17H,2,6H2,1H3. The van der Waals surface area contributed by atoms with Gasteiger partial charge in [0, 0.05) is 5.56 Å². The average Bonchev–Trinajstić information content (AvgIpc) is 2.81. The number of benzene rings is 1. The summed E-state index contributed by atoms with van der Waals surface area (Å²) in [5.74, 6) is 0.181. The Morgan fingerprint density at radius 2 is 2.28 bits per heavy atom. The summed E-state index contributed by atoms with van der Waals surface area (Å²) in [5.41, 5.74) is 0.572. The largest absolute Gasteiger partial charge is 0.393 e. The summed E-state index contributed by atoms with van der Waals surface area (Å²) < 4.78 is 18.0. The van der Waals surface area contributed by atoms with Crippen molar-refractivity contribution in [3.8, 4) is 11.4 Å². The zero-order chi connectivity index (χ0) is 13.1. The summed E-state index contributed by atoms with van der Waals surface area (Å²) in [6, 6.07) is 4.20. The van der Waals surface area contributed by atoms with E-state index in [1.54, 1.807) is 0 Å². The molecule has 0 saturated carbocycles. The van der Waals surface area contributed by atoms with Gasteiger partial charge in [-0.15, -0.1) is 0 Å². The molecule has 0 bridgehead atoms. The van der Waals surface area contributed by atoms with Crippen molar-refractivity contribution < 1.29 is 14.0 Å². The van der Waals surface area contributed by atoms with E-state index in [-0.39, 0.29) is 5.02 Å². The molecule has 18 heavy (non-hydrogen) atoms. The molecule has 1 aromatic heterocycles. The van der Waals surface area contributed by atoms with Gasteiger partial charge in [0.25, 0.3) is 0 Å². The SMILES string of the molecule is CCC(O)Cc1nc(-c2ccc(F)c(Cl)c2)no1. The highest BCUT2D eigenvalue weighted by molar-refractivity contribution is 6.31. The summed E-state index contributed by atoms with van der Waals surface area (Å²) in [6.07, 6.45) is 0.411. The van der Waals surface area contributed by atoms with Gasteiger partial charge in [-0.05, 0) is 24.6 Å². The summed E-state index contributed by atoms with van der Waals surface area (Å²) >= 11 is 5.68. The van der Waals surface area contributed by atoms with Crippen molar-refractivity contribution in [1.82, 2.24) is 10.1 Å². The summed E-state index contributed by atoms with van der Waals surface area (Å²) in [4.78, 5) is 4.12. The van der Waals surface area contributed by atoms with Crippen molar-refractivity contribution in [1.29, 1.82) is 0 Å². The van der Waals surface area contributed by atoms with E-state index >= 15 is 0 Å². The van der Waals surface area contributed by atoms with Gasteiger partial charge in [-0.2, -0.15) is 4.98 Å². The molecule has 1 heterocycles. The third kappa shape index (κ3) is 2.86. The van der Waals surface area contributed by atoms with E-state index in [2.05, 4.69) is 10.1 Å². The van der Waals surface area contributed by atoms with E-state index in [4.69, 9.17) is 16.1 Å². The van der Waals surface area contributed by atoms with E-state index in [0.29, 0.717) is 30.1 Å². The lowest BCUT2D eigenvalue weighted by atomic mass is 10.2. The lowest BCUT2D eigenvalue weighted by Gasteiger charge is -2.01. The minimum Gasteiger partial charge on any atom is -0.393 e. The second kappa shape index (κ2) is 5.46. The Hall–Kier alpha value is -1.46. The molecule has 0 aliphatic rings. The molecule has 0 saturated heterocycles. The van der Waals surface area contributed by atoms with Gasteiger partial charge in [-0.25, -0.2) is 4.39 Å². The van der Waals surface area contributed by atoms with Crippen molar-refractivity contribution in [2.75, 3.05) is 0 Å². The molecular formula is C12H12ClFN2O2. The van der Waals surface area contributed by atoms with Crippen molar-refractivity contribution in [2.45, 2.75) is 25.9 Å². The van der Waals surface area contributed by atoms with Crippen LogP contribution in [-0.4, -0.2) is 21.4 Å². The van der Waals surface area contributed by atoms with Crippen molar-refractivity contribution in [3.63, 3.8) is 0 Å². The number of aromatic nitrogens is 2. The van der Waals surface area contributed by atoms with E-state index in [1.165, 1.54) is 18.2 Å². The molecule has 0 fully saturated rings. The van der Waals surface area contributed by atoms with Crippen molar-refractivity contribution >= 4 is 11.6 Å². The van der Waals surface area contributed by atoms with Crippen LogP contribution in [0.25, 0.3) is 11.4 Å². The van der Waals surface area contributed by atoms with E-state index in [1.807, 2.05) is 6.92 Å². The average molecular weight is 271 g/mol. The Balaban J connectivity index is 2.21. The Labute approximate surface area is 108 Å². The van der Waals surface area contributed by atoms with Crippen LogP contribution in [0.1, 0.15) is 19.2 Å². The number of nitrogens with zero attached hydrogens (tertiary/aromatic N) is 2. The number of aliphatic hydroxyl groups excluding tert-OH is 1. The quantitative estimate of drug-likeness (QED) is 0.928. The summed E-state index contributed by atoms with van der Waals surface area (Å²) in [5, 5.41) is 13.2. The van der Waals surface area contributed by atoms with Gasteiger partial charge < -0.3 is 9.63 Å². The lowest BCUT2D eigenvalue weighted by molar-refractivity contribution is 0.158. The van der Waals surface area contributed by atoms with Crippen LogP contribution in [0.2, 0.25) is 5.02 Å². The minimum atomic E-state index is -0.505. The molecule has 1 N–H and O–H groups in total. The van der Waals surface area contributed by atoms with E-state index in [9.17, 15) is 9.50 Å². The predicted octanol–water partition coefficient (Wildman–Crippen LogP) is 2.84. The molecule has 1 aromatic carbocycles. The number of halogens is 2. The van der Waals surface area contributed by atoms with Crippen LogP contribution in [0.4, 0.5) is 4.39 Å². The van der Waals surface area contributed by atoms with E-state index < -0.39 is 11.9 Å². The maximum Gasteiger partial charge on any atom is 0.229 e. The summed E-state index contributed by atoms with van der Waals surface area (Å²) in [7, 11) is 0. The van der Waals surface area contributed by atoms with Crippen LogP contribution in [-0.2, 0) is 6.42 Å². The fraction of sp³-hybridized carbons (Fsp3) is 0.333. The van der Waals surface area contributed by atoms with Crippen LogP contribution in [0.3, 0.4) is 0 Å². The fourth-order valence-corrected chi connectivity index (χ4v) is 1.62. The van der Waals surface area contributed by atoms with Crippen LogP contribution >= 0.6 is 11.6 Å². The molecule has 6 heteroatoms. The first-order valence-corrected chi connectivity index (χ1v) is 5.94. The first-order valence-electron chi connectivity index (χ1n) is 5.56. The van der Waals surface area contributed by atoms with Gasteiger partial charge in [0.15, 0.2) is 0 Å². The van der Waals surface area contributed by atoms with Crippen molar-refractivity contribution in [3.05, 3.63) is 34.9 Å². The molecule has 1 unspecified atom stereocenters. The molecule has 96 valence electrons. The Bertz CT molecular complexity index is 545. The molecule has 4 nitrogen and oxygen atoms in total. The van der Waals surface area contributed by atoms with Gasteiger partial charge >= 0.3 is 0 Å². The lowest BCUT2D eigenvalue weighted by Crippen LogP contribution is -2.08. The highest BCUT2D eigenvalue weighted by atomic mass is 35.5. The molecule has 0 radical (unpaired) electrons. The van der Waals surface area contributed by atoms with Crippen LogP contribution in [0.15, 0.2) is 22.7 Å². The molecule has 0 aliphatic carbocycles. The van der Waals surface area contributed by atoms with Crippen LogP contribution in [0.5, 0.6) is 0 Å². The van der Waals surface area contributed by atoms with Gasteiger partial charge in [0.2, 0.25) is 11.7 Å². The zero-order valence-corrected chi connectivity index (χ0v) is 10.5. The highest BCUT2D eigenvalue weighted by Crippen LogP contribution is 2.23. The second-order valence-corrected chi connectivity index (χ2v) is 4.31. The third-order valence-corrected chi connectivity index (χ3v) is 2.82. The highest BCUT2D eigenvalue weighted by Gasteiger charge is 2.13. The van der Waals surface area contributed by atoms with E-state index in [0.717, 1.165) is 0 Å². The normalized spacial score (nSPS) is 12.7. The molecule has 1 atom stereocenters. The first kappa shape index (κ1) is 13.0. The predicted molar refractivity (Wildman–Crippen MR) is 64.7 cm³/mol. The molecule has 2 rings (SSSR count). The number of aliphatic hydroxyl groups is 1. The maximum absolute atomic E-state index is 13.0. The van der Waals surface area contributed by atoms with Crippen LogP contribution < -0.4 is 0 Å². The van der Waals surface area contributed by atoms with Crippen molar-refractivity contribution in [2.24, 2.45) is 0 Å². The molecule has 2 aromatic rings. The van der Waals surface area contributed by atoms with Gasteiger partial charge in [-0.3, -0.25) is 0 Å². The Kier molecular flexibility index (Phi) is 3.93. The van der Waals surface area contributed by atoms with Gasteiger partial charge in [0.1, 0.15) is 5.82 Å². The molecule has 0 aliphatic heterocycles.